The molecule has 2 heterocycles. The predicted octanol–water partition coefficient (Wildman–Crippen LogP) is 8.50. The Morgan fingerprint density at radius 1 is 0.722 bits per heavy atom. The Morgan fingerprint density at radius 2 is 1.17 bits per heavy atom. The van der Waals surface area contributed by atoms with Crippen LogP contribution in [0.4, 0.5) is 4.79 Å². The van der Waals surface area contributed by atoms with Crippen molar-refractivity contribution in [2.24, 2.45) is 21.7 Å². The van der Waals surface area contributed by atoms with E-state index >= 15 is 0 Å². The van der Waals surface area contributed by atoms with Crippen LogP contribution in [0.25, 0.3) is 0 Å². The minimum atomic E-state index is -0.976. The number of halogens is 1. The summed E-state index contributed by atoms with van der Waals surface area (Å²) >= 11 is 5.11. The van der Waals surface area contributed by atoms with Gasteiger partial charge in [-0.1, -0.05) is 113 Å². The zero-order valence-electron chi connectivity index (χ0n) is 35.0. The van der Waals surface area contributed by atoms with E-state index in [0.29, 0.717) is 6.54 Å². The van der Waals surface area contributed by atoms with E-state index in [-0.39, 0.29) is 44.6 Å². The van der Waals surface area contributed by atoms with Crippen molar-refractivity contribution >= 4 is 52.7 Å². The van der Waals surface area contributed by atoms with Crippen LogP contribution in [0.5, 0.6) is 0 Å². The summed E-state index contributed by atoms with van der Waals surface area (Å²) in [5, 5.41) is 10.6. The van der Waals surface area contributed by atoms with Crippen LogP contribution in [0.2, 0.25) is 0 Å². The second-order valence-corrected chi connectivity index (χ2v) is 17.7. The number of carbonyl (C=O) groups is 7. The summed E-state index contributed by atoms with van der Waals surface area (Å²) in [6.07, 6.45) is 16.5. The van der Waals surface area contributed by atoms with Gasteiger partial charge >= 0.3 is 18.1 Å². The number of carbonyl (C=O) groups excluding carboxylic acids is 6. The lowest BCUT2D eigenvalue weighted by molar-refractivity contribution is -0.139. The number of imide groups is 1. The van der Waals surface area contributed by atoms with Crippen molar-refractivity contribution in [3.63, 3.8) is 0 Å². The molecule has 12 nitrogen and oxygen atoms in total. The number of aliphatic carboxylic acids is 1. The summed E-state index contributed by atoms with van der Waals surface area (Å²) in [7, 11) is 0. The quantitative estimate of drug-likeness (QED) is 0.122. The van der Waals surface area contributed by atoms with Crippen LogP contribution in [0.15, 0.2) is 60.8 Å². The van der Waals surface area contributed by atoms with Gasteiger partial charge in [-0.3, -0.25) is 24.1 Å². The summed E-state index contributed by atoms with van der Waals surface area (Å²) in [6, 6.07) is 0. The third-order valence-electron chi connectivity index (χ3n) is 5.53. The summed E-state index contributed by atoms with van der Waals surface area (Å²) in [4.78, 5) is 77.0. The molecule has 2 aliphatic heterocycles. The van der Waals surface area contributed by atoms with Crippen LogP contribution in [0, 0.1) is 21.7 Å². The molecule has 0 aromatic heterocycles. The molecule has 2 aliphatic rings. The number of hydrogen-bond acceptors (Lipinski definition) is 9. The highest BCUT2D eigenvalue weighted by Gasteiger charge is 2.21. The number of allylic oxidation sites excluding steroid dienone is 3. The summed E-state index contributed by atoms with van der Waals surface area (Å²) < 4.78 is 9.26. The Hall–Kier alpha value is -4.32. The standard InChI is InChI=1S/C12H17NO2.C12H20O4.C7H12O2.C5H9ClO.C5H7NO/c1-12(2,3)8-7-11(15)13-9-5-4-6-10(13)14;1-11(2,3)8-7-9(13)15-10(14)16-12(4,5)6;1-7(2,3)5-4-6(8)9;1-5(2,3)4(6)7;7-5-3-1-2-4-6-5/h4,6-8H,5,9H2,1-3H3;7-8H,1-6H3;4-5H,1-3H3,(H,8,9);1-3H3;1,3H,2,4H2,(H,6,7)/b2*8-7+;5-4+;;. The van der Waals surface area contributed by atoms with Gasteiger partial charge in [0.05, 0.1) is 0 Å². The predicted molar refractivity (Wildman–Crippen MR) is 213 cm³/mol. The Morgan fingerprint density at radius 3 is 1.48 bits per heavy atom. The number of rotatable bonds is 3. The van der Waals surface area contributed by atoms with Crippen molar-refractivity contribution in [2.45, 2.75) is 122 Å². The molecule has 0 radical (unpaired) electrons. The molecule has 0 saturated carbocycles. The van der Waals surface area contributed by atoms with E-state index < -0.39 is 23.7 Å². The van der Waals surface area contributed by atoms with E-state index in [0.717, 1.165) is 19.4 Å². The SMILES string of the molecule is CC(C)(C)/C=C/C(=O)N1CCC=CC1=O.CC(C)(C)/C=C/C(=O)O.CC(C)(C)/C=C/C(=O)OC(=O)OC(C)(C)C.CC(C)(C)C(=O)Cl.O=C1C=CCCN1. The van der Waals surface area contributed by atoms with Crippen LogP contribution < -0.4 is 5.32 Å². The molecule has 3 amide bonds. The maximum absolute atomic E-state index is 11.6. The van der Waals surface area contributed by atoms with E-state index in [4.69, 9.17) is 21.4 Å². The molecule has 0 aromatic carbocycles. The molecular weight excluding hydrogens is 716 g/mol. The number of esters is 1. The first-order valence-corrected chi connectivity index (χ1v) is 17.9. The highest BCUT2D eigenvalue weighted by atomic mass is 35.5. The van der Waals surface area contributed by atoms with Gasteiger partial charge in [-0.25, -0.2) is 14.4 Å². The Labute approximate surface area is 328 Å². The van der Waals surface area contributed by atoms with Crippen molar-refractivity contribution in [3.05, 3.63) is 60.8 Å². The van der Waals surface area contributed by atoms with Gasteiger partial charge in [0.2, 0.25) is 11.1 Å². The van der Waals surface area contributed by atoms with Gasteiger partial charge in [-0.15, -0.1) is 0 Å². The van der Waals surface area contributed by atoms with Crippen LogP contribution in [0.3, 0.4) is 0 Å². The lowest BCUT2D eigenvalue weighted by atomic mass is 9.96. The Kier molecular flexibility index (Phi) is 24.9. The monoisotopic (exact) mass is 780 g/mol. The van der Waals surface area contributed by atoms with E-state index in [2.05, 4.69) is 10.1 Å². The van der Waals surface area contributed by atoms with E-state index in [1.807, 2.05) is 74.5 Å². The molecular formula is C41H65ClN2O10. The number of amides is 3. The maximum Gasteiger partial charge on any atom is 0.516 e. The summed E-state index contributed by atoms with van der Waals surface area (Å²) in [6.45, 7) is 29.4. The third-order valence-corrected chi connectivity index (χ3v) is 6.09. The van der Waals surface area contributed by atoms with E-state index in [1.54, 1.807) is 65.8 Å². The third kappa shape index (κ3) is 38.9. The average Bonchev–Trinajstić information content (AvgIpc) is 2.97. The highest BCUT2D eigenvalue weighted by Crippen LogP contribution is 2.17. The van der Waals surface area contributed by atoms with E-state index in [1.165, 1.54) is 29.2 Å². The van der Waals surface area contributed by atoms with Gasteiger partial charge in [0.25, 0.3) is 11.8 Å². The molecule has 0 aliphatic carbocycles. The fourth-order valence-electron chi connectivity index (χ4n) is 2.77. The van der Waals surface area contributed by atoms with Gasteiger partial charge in [0.1, 0.15) is 5.60 Å². The second-order valence-electron chi connectivity index (χ2n) is 17.3. The summed E-state index contributed by atoms with van der Waals surface area (Å²) in [5.41, 5.74) is -1.23. The molecule has 13 heteroatoms. The normalized spacial score (nSPS) is 14.6. The molecule has 0 saturated heterocycles. The van der Waals surface area contributed by atoms with Gasteiger partial charge < -0.3 is 19.9 Å². The molecule has 0 spiro atoms. The topological polar surface area (TPSA) is 173 Å². The van der Waals surface area contributed by atoms with Crippen molar-refractivity contribution < 1.29 is 48.1 Å². The second kappa shape index (κ2) is 24.9. The Balaban J connectivity index is -0.000000629. The molecule has 306 valence electrons. The number of nitrogens with zero attached hydrogens (tertiary/aromatic N) is 1. The zero-order valence-corrected chi connectivity index (χ0v) is 35.8. The molecule has 0 bridgehead atoms. The first-order valence-electron chi connectivity index (χ1n) is 17.6. The molecule has 0 aromatic rings. The number of hydrogen-bond donors (Lipinski definition) is 2. The summed E-state index contributed by atoms with van der Waals surface area (Å²) in [5.74, 6) is -2.01. The first-order chi connectivity index (χ1) is 24.1. The van der Waals surface area contributed by atoms with Gasteiger partial charge in [-0.05, 0) is 73.6 Å². The van der Waals surface area contributed by atoms with E-state index in [9.17, 15) is 33.6 Å². The molecule has 0 fully saturated rings. The lowest BCUT2D eigenvalue weighted by Crippen LogP contribution is -2.37. The maximum atomic E-state index is 11.6. The fourth-order valence-corrected chi connectivity index (χ4v) is 2.77. The van der Waals surface area contributed by atoms with Gasteiger partial charge in [-0.2, -0.15) is 0 Å². The largest absolute Gasteiger partial charge is 0.516 e. The van der Waals surface area contributed by atoms with Crippen LogP contribution in [0.1, 0.15) is 117 Å². The van der Waals surface area contributed by atoms with Crippen LogP contribution >= 0.6 is 11.6 Å². The van der Waals surface area contributed by atoms with Crippen molar-refractivity contribution in [3.8, 4) is 0 Å². The number of ether oxygens (including phenoxy) is 2. The minimum absolute atomic E-state index is 0.0294. The highest BCUT2D eigenvalue weighted by molar-refractivity contribution is 6.64. The van der Waals surface area contributed by atoms with Crippen molar-refractivity contribution in [1.29, 1.82) is 0 Å². The lowest BCUT2D eigenvalue weighted by Gasteiger charge is -2.20. The molecule has 2 rings (SSSR count). The smallest absolute Gasteiger partial charge is 0.478 e. The van der Waals surface area contributed by atoms with Crippen molar-refractivity contribution in [2.75, 3.05) is 13.1 Å². The van der Waals surface area contributed by atoms with Crippen LogP contribution in [-0.4, -0.2) is 69.8 Å². The number of carboxylic acids is 1. The molecule has 2 N–H and O–H groups in total. The minimum Gasteiger partial charge on any atom is -0.478 e. The molecule has 54 heavy (non-hydrogen) atoms. The average molecular weight is 781 g/mol. The first kappa shape index (κ1) is 54.0. The number of carboxylic acid groups (broad SMARTS) is 1. The van der Waals surface area contributed by atoms with Crippen LogP contribution in [-0.2, 0) is 38.2 Å². The van der Waals surface area contributed by atoms with Gasteiger partial charge in [0, 0.05) is 36.7 Å². The zero-order chi connectivity index (χ0) is 43.1. The van der Waals surface area contributed by atoms with Crippen molar-refractivity contribution in [1.82, 2.24) is 10.2 Å². The number of nitrogens with one attached hydrogen (secondary N) is 1. The molecule has 0 unspecified atom stereocenters. The fraction of sp³-hybridized carbons (Fsp3) is 0.585. The molecule has 0 atom stereocenters. The Bertz CT molecular complexity index is 1400. The van der Waals surface area contributed by atoms with Gasteiger partial charge in [0.15, 0.2) is 0 Å².